The number of fused-ring (bicyclic) bond motifs is 1. The lowest BCUT2D eigenvalue weighted by Gasteiger charge is -2.36. The van der Waals surface area contributed by atoms with Gasteiger partial charge in [0, 0.05) is 22.7 Å². The molecule has 0 bridgehead atoms. The van der Waals surface area contributed by atoms with Gasteiger partial charge in [-0.1, -0.05) is 19.1 Å². The number of rotatable bonds is 1. The van der Waals surface area contributed by atoms with Crippen molar-refractivity contribution in [1.82, 2.24) is 4.90 Å². The van der Waals surface area contributed by atoms with Gasteiger partial charge in [0.2, 0.25) is 0 Å². The van der Waals surface area contributed by atoms with E-state index in [4.69, 9.17) is 5.73 Å². The average molecular weight is 302 g/mol. The smallest absolute Gasteiger partial charge is 0.266 e. The molecular weight excluding hydrogens is 280 g/mol. The zero-order valence-electron chi connectivity index (χ0n) is 12.8. The van der Waals surface area contributed by atoms with Gasteiger partial charge >= 0.3 is 0 Å². The highest BCUT2D eigenvalue weighted by Gasteiger charge is 2.29. The lowest BCUT2D eigenvalue weighted by Crippen LogP contribution is -2.44. The van der Waals surface area contributed by atoms with Crippen molar-refractivity contribution in [1.29, 1.82) is 0 Å². The Morgan fingerprint density at radius 3 is 2.86 bits per heavy atom. The van der Waals surface area contributed by atoms with Gasteiger partial charge in [0.15, 0.2) is 0 Å². The van der Waals surface area contributed by atoms with Gasteiger partial charge in [-0.2, -0.15) is 0 Å². The number of carbonyl (C=O) groups excluding carboxylic acids is 1. The van der Waals surface area contributed by atoms with E-state index in [0.717, 1.165) is 29.5 Å². The normalized spacial score (nSPS) is 22.7. The molecule has 3 rings (SSSR count). The van der Waals surface area contributed by atoms with E-state index in [2.05, 4.69) is 26.8 Å². The van der Waals surface area contributed by atoms with Gasteiger partial charge in [0.05, 0.1) is 5.69 Å². The Morgan fingerprint density at radius 2 is 2.14 bits per heavy atom. The molecule has 2 aromatic rings. The Balaban J connectivity index is 1.96. The van der Waals surface area contributed by atoms with Crippen LogP contribution in [0.2, 0.25) is 0 Å². The zero-order valence-corrected chi connectivity index (χ0v) is 13.7. The molecule has 1 aromatic carbocycles. The Bertz CT molecular complexity index is 691. The summed E-state index contributed by atoms with van der Waals surface area (Å²) in [6.07, 6.45) is 2.16. The highest BCUT2D eigenvalue weighted by Crippen LogP contribution is 2.36. The van der Waals surface area contributed by atoms with Gasteiger partial charge in [0.25, 0.3) is 5.91 Å². The van der Waals surface area contributed by atoms with E-state index >= 15 is 0 Å². The van der Waals surface area contributed by atoms with Crippen LogP contribution >= 0.6 is 11.3 Å². The fourth-order valence-corrected chi connectivity index (χ4v) is 4.40. The summed E-state index contributed by atoms with van der Waals surface area (Å²) in [4.78, 5) is 15.5. The zero-order chi connectivity index (χ0) is 15.1. The molecule has 1 amide bonds. The number of piperidine rings is 1. The van der Waals surface area contributed by atoms with Crippen molar-refractivity contribution in [3.63, 3.8) is 0 Å². The van der Waals surface area contributed by atoms with Crippen LogP contribution in [0.5, 0.6) is 0 Å². The maximum Gasteiger partial charge on any atom is 0.266 e. The van der Waals surface area contributed by atoms with Crippen LogP contribution in [0.1, 0.15) is 41.9 Å². The molecule has 112 valence electrons. The molecule has 2 unspecified atom stereocenters. The molecule has 21 heavy (non-hydrogen) atoms. The lowest BCUT2D eigenvalue weighted by molar-refractivity contribution is 0.0594. The van der Waals surface area contributed by atoms with E-state index in [1.54, 1.807) is 0 Å². The lowest BCUT2D eigenvalue weighted by atomic mass is 9.93. The van der Waals surface area contributed by atoms with Gasteiger partial charge in [-0.05, 0) is 44.2 Å². The molecular formula is C17H22N2OS. The Labute approximate surface area is 129 Å². The summed E-state index contributed by atoms with van der Waals surface area (Å²) < 4.78 is 1.11. The highest BCUT2D eigenvalue weighted by atomic mass is 32.1. The predicted molar refractivity (Wildman–Crippen MR) is 89.9 cm³/mol. The van der Waals surface area contributed by atoms with E-state index < -0.39 is 0 Å². The number of likely N-dealkylation sites (tertiary alicyclic amines) is 1. The minimum absolute atomic E-state index is 0.103. The van der Waals surface area contributed by atoms with Crippen LogP contribution < -0.4 is 5.73 Å². The van der Waals surface area contributed by atoms with Gasteiger partial charge < -0.3 is 10.6 Å². The largest absolute Gasteiger partial charge is 0.397 e. The molecule has 1 aliphatic heterocycles. The first kappa shape index (κ1) is 14.4. The number of nitrogens with two attached hydrogens (primary N) is 1. The molecule has 1 saturated heterocycles. The summed E-state index contributed by atoms with van der Waals surface area (Å²) in [6.45, 7) is 7.30. The highest BCUT2D eigenvalue weighted by molar-refractivity contribution is 7.21. The first-order valence-electron chi connectivity index (χ1n) is 7.57. The van der Waals surface area contributed by atoms with Gasteiger partial charge in [-0.3, -0.25) is 4.79 Å². The summed E-state index contributed by atoms with van der Waals surface area (Å²) >= 11 is 1.53. The monoisotopic (exact) mass is 302 g/mol. The van der Waals surface area contributed by atoms with Gasteiger partial charge in [-0.15, -0.1) is 11.3 Å². The fourth-order valence-electron chi connectivity index (χ4n) is 3.22. The van der Waals surface area contributed by atoms with Crippen molar-refractivity contribution < 1.29 is 4.79 Å². The average Bonchev–Trinajstić information content (AvgIpc) is 2.75. The molecule has 2 N–H and O–H groups in total. The van der Waals surface area contributed by atoms with E-state index in [9.17, 15) is 4.79 Å². The van der Waals surface area contributed by atoms with E-state index in [1.165, 1.54) is 16.9 Å². The molecule has 1 aliphatic rings. The predicted octanol–water partition coefficient (Wildman–Crippen LogP) is 4.05. The van der Waals surface area contributed by atoms with E-state index in [0.29, 0.717) is 22.5 Å². The van der Waals surface area contributed by atoms with Crippen LogP contribution in [-0.2, 0) is 0 Å². The third-order valence-corrected chi connectivity index (χ3v) is 5.63. The SMILES string of the molecule is Cc1ccc2c(N)c(C(=O)N3CCC(C)CC3C)sc2c1. The summed E-state index contributed by atoms with van der Waals surface area (Å²) in [7, 11) is 0. The fraction of sp³-hybridized carbons (Fsp3) is 0.471. The number of thiophene rings is 1. The molecule has 0 aliphatic carbocycles. The molecule has 2 atom stereocenters. The number of anilines is 1. The van der Waals surface area contributed by atoms with Crippen molar-refractivity contribution in [2.45, 2.75) is 39.7 Å². The van der Waals surface area contributed by atoms with Crippen molar-refractivity contribution in [3.05, 3.63) is 28.6 Å². The summed E-state index contributed by atoms with van der Waals surface area (Å²) in [5.74, 6) is 0.803. The van der Waals surface area contributed by atoms with Crippen molar-refractivity contribution >= 4 is 33.0 Å². The second-order valence-corrected chi connectivity index (χ2v) is 7.37. The van der Waals surface area contributed by atoms with Crippen molar-refractivity contribution in [2.24, 2.45) is 5.92 Å². The van der Waals surface area contributed by atoms with Crippen LogP contribution in [0.4, 0.5) is 5.69 Å². The van der Waals surface area contributed by atoms with Crippen LogP contribution in [0.3, 0.4) is 0 Å². The minimum Gasteiger partial charge on any atom is -0.397 e. The number of carbonyl (C=O) groups is 1. The number of nitrogens with zero attached hydrogens (tertiary/aromatic N) is 1. The number of amides is 1. The number of hydrogen-bond acceptors (Lipinski definition) is 3. The first-order chi connectivity index (χ1) is 9.97. The number of benzene rings is 1. The standard InChI is InChI=1S/C17H22N2OS/c1-10-4-5-13-14(9-10)21-16(15(13)18)17(20)19-7-6-11(2)8-12(19)3/h4-5,9,11-12H,6-8,18H2,1-3H3. The van der Waals surface area contributed by atoms with Crippen molar-refractivity contribution in [2.75, 3.05) is 12.3 Å². The van der Waals surface area contributed by atoms with Crippen LogP contribution in [-0.4, -0.2) is 23.4 Å². The molecule has 0 spiro atoms. The summed E-state index contributed by atoms with van der Waals surface area (Å²) in [5, 5.41) is 1.01. The quantitative estimate of drug-likeness (QED) is 0.863. The van der Waals surface area contributed by atoms with Crippen LogP contribution in [0.15, 0.2) is 18.2 Å². The second-order valence-electron chi connectivity index (χ2n) is 6.32. The van der Waals surface area contributed by atoms with Gasteiger partial charge in [0.1, 0.15) is 4.88 Å². The maximum absolute atomic E-state index is 12.8. The molecule has 1 fully saturated rings. The number of nitrogen functional groups attached to an aromatic ring is 1. The van der Waals surface area contributed by atoms with Crippen LogP contribution in [0.25, 0.3) is 10.1 Å². The summed E-state index contributed by atoms with van der Waals surface area (Å²) in [6, 6.07) is 6.47. The first-order valence-corrected chi connectivity index (χ1v) is 8.38. The van der Waals surface area contributed by atoms with Gasteiger partial charge in [-0.25, -0.2) is 0 Å². The van der Waals surface area contributed by atoms with Crippen LogP contribution in [0, 0.1) is 12.8 Å². The number of hydrogen-bond donors (Lipinski definition) is 1. The van der Waals surface area contributed by atoms with Crippen molar-refractivity contribution in [3.8, 4) is 0 Å². The number of aryl methyl sites for hydroxylation is 1. The molecule has 0 saturated carbocycles. The third kappa shape index (κ3) is 2.53. The Hall–Kier alpha value is -1.55. The molecule has 4 heteroatoms. The Kier molecular flexibility index (Phi) is 3.66. The molecule has 1 aromatic heterocycles. The molecule has 3 nitrogen and oxygen atoms in total. The second kappa shape index (κ2) is 5.34. The van der Waals surface area contributed by atoms with E-state index in [-0.39, 0.29) is 5.91 Å². The third-order valence-electron chi connectivity index (χ3n) is 4.48. The molecule has 2 heterocycles. The van der Waals surface area contributed by atoms with E-state index in [1.807, 2.05) is 17.0 Å². The topological polar surface area (TPSA) is 46.3 Å². The minimum atomic E-state index is 0.103. The maximum atomic E-state index is 12.8. The summed E-state index contributed by atoms with van der Waals surface area (Å²) in [5.41, 5.74) is 8.07. The molecule has 0 radical (unpaired) electrons. The Morgan fingerprint density at radius 1 is 1.38 bits per heavy atom.